The molecule has 136 valence electrons. The number of carbonyl (C=O) groups excluding carboxylic acids is 1. The van der Waals surface area contributed by atoms with Crippen LogP contribution in [0.4, 0.5) is 0 Å². The molecule has 4 rings (SSSR count). The van der Waals surface area contributed by atoms with Crippen molar-refractivity contribution < 1.29 is 4.79 Å². The van der Waals surface area contributed by atoms with E-state index in [-0.39, 0.29) is 11.5 Å². The second kappa shape index (κ2) is 7.36. The average Bonchev–Trinajstić information content (AvgIpc) is 3.11. The number of para-hydroxylation sites is 1. The summed E-state index contributed by atoms with van der Waals surface area (Å²) < 4.78 is 3.38. The molecule has 0 unspecified atom stereocenters. The molecule has 3 heterocycles. The van der Waals surface area contributed by atoms with Crippen molar-refractivity contribution in [2.75, 3.05) is 0 Å². The van der Waals surface area contributed by atoms with Crippen molar-refractivity contribution in [2.24, 2.45) is 0 Å². The number of pyridine rings is 1. The summed E-state index contributed by atoms with van der Waals surface area (Å²) in [7, 11) is 0. The van der Waals surface area contributed by atoms with E-state index in [4.69, 9.17) is 0 Å². The van der Waals surface area contributed by atoms with Crippen molar-refractivity contribution in [3.8, 4) is 0 Å². The van der Waals surface area contributed by atoms with E-state index < -0.39 is 0 Å². The van der Waals surface area contributed by atoms with Crippen molar-refractivity contribution in [3.63, 3.8) is 0 Å². The van der Waals surface area contributed by atoms with Crippen molar-refractivity contribution in [2.45, 2.75) is 25.9 Å². The van der Waals surface area contributed by atoms with Crippen molar-refractivity contribution in [1.82, 2.24) is 29.5 Å². The number of fused-ring (bicyclic) bond motifs is 2. The van der Waals surface area contributed by atoms with Crippen LogP contribution < -0.4 is 10.9 Å². The lowest BCUT2D eigenvalue weighted by atomic mass is 10.2. The summed E-state index contributed by atoms with van der Waals surface area (Å²) in [5.74, 6) is 0.582. The first kappa shape index (κ1) is 16.9. The standard InChI is InChI=1S/C19H18N6O2/c26-18(20-12-17-23-22-16-8-3-4-11-25(16)17)9-5-10-24-13-21-15-7-2-1-6-14(15)19(24)27/h1-4,6-8,11,13H,5,9-10,12H2,(H,20,26). The molecule has 8 nitrogen and oxygen atoms in total. The van der Waals surface area contributed by atoms with Crippen LogP contribution in [0, 0.1) is 0 Å². The van der Waals surface area contributed by atoms with Crippen LogP contribution in [0.2, 0.25) is 0 Å². The molecule has 8 heteroatoms. The average molecular weight is 362 g/mol. The van der Waals surface area contributed by atoms with Crippen molar-refractivity contribution in [3.05, 3.63) is 71.2 Å². The first-order valence-electron chi connectivity index (χ1n) is 8.72. The minimum atomic E-state index is -0.0931. The summed E-state index contributed by atoms with van der Waals surface area (Å²) in [5, 5.41) is 11.6. The molecule has 0 fully saturated rings. The lowest BCUT2D eigenvalue weighted by Crippen LogP contribution is -2.25. The Morgan fingerprint density at radius 1 is 1.07 bits per heavy atom. The van der Waals surface area contributed by atoms with Gasteiger partial charge in [0.2, 0.25) is 5.91 Å². The molecule has 0 aliphatic carbocycles. The summed E-state index contributed by atoms with van der Waals surface area (Å²) in [6, 6.07) is 12.9. The molecule has 0 saturated carbocycles. The number of hydrogen-bond acceptors (Lipinski definition) is 5. The summed E-state index contributed by atoms with van der Waals surface area (Å²) >= 11 is 0. The maximum absolute atomic E-state index is 12.4. The Labute approximate surface area is 154 Å². The van der Waals surface area contributed by atoms with Crippen LogP contribution in [0.3, 0.4) is 0 Å². The van der Waals surface area contributed by atoms with E-state index in [1.165, 1.54) is 6.33 Å². The zero-order valence-corrected chi connectivity index (χ0v) is 14.6. The maximum Gasteiger partial charge on any atom is 0.261 e. The molecular weight excluding hydrogens is 344 g/mol. The van der Waals surface area contributed by atoms with Gasteiger partial charge in [0.25, 0.3) is 5.56 Å². The van der Waals surface area contributed by atoms with Gasteiger partial charge in [0, 0.05) is 19.2 Å². The fraction of sp³-hybridized carbons (Fsp3) is 0.211. The van der Waals surface area contributed by atoms with Crippen LogP contribution in [0.25, 0.3) is 16.6 Å². The number of hydrogen-bond donors (Lipinski definition) is 1. The molecule has 0 atom stereocenters. The predicted molar refractivity (Wildman–Crippen MR) is 100 cm³/mol. The Bertz CT molecular complexity index is 1160. The Balaban J connectivity index is 1.32. The number of rotatable bonds is 6. The number of nitrogens with zero attached hydrogens (tertiary/aromatic N) is 5. The van der Waals surface area contributed by atoms with Gasteiger partial charge in [-0.3, -0.25) is 18.6 Å². The third-order valence-corrected chi connectivity index (χ3v) is 4.36. The first-order chi connectivity index (χ1) is 13.2. The molecule has 0 radical (unpaired) electrons. The van der Waals surface area contributed by atoms with E-state index >= 15 is 0 Å². The van der Waals surface area contributed by atoms with Gasteiger partial charge >= 0.3 is 0 Å². The second-order valence-corrected chi connectivity index (χ2v) is 6.19. The van der Waals surface area contributed by atoms with Gasteiger partial charge in [0.05, 0.1) is 23.8 Å². The summed E-state index contributed by atoms with van der Waals surface area (Å²) in [4.78, 5) is 28.8. The molecule has 1 aromatic carbocycles. The SMILES string of the molecule is O=C(CCCn1cnc2ccccc2c1=O)NCc1nnc2ccccn12. The topological polar surface area (TPSA) is 94.2 Å². The first-order valence-corrected chi connectivity index (χ1v) is 8.72. The molecular formula is C19H18N6O2. The van der Waals surface area contributed by atoms with Gasteiger partial charge in [-0.25, -0.2) is 4.98 Å². The fourth-order valence-corrected chi connectivity index (χ4v) is 2.95. The predicted octanol–water partition coefficient (Wildman–Crippen LogP) is 1.54. The van der Waals surface area contributed by atoms with Gasteiger partial charge in [0.15, 0.2) is 11.5 Å². The smallest absolute Gasteiger partial charge is 0.261 e. The summed E-state index contributed by atoms with van der Waals surface area (Å²) in [6.07, 6.45) is 4.25. The normalized spacial score (nSPS) is 11.1. The Kier molecular flexibility index (Phi) is 4.61. The molecule has 1 amide bonds. The number of aryl methyl sites for hydroxylation is 1. The van der Waals surface area contributed by atoms with Crippen LogP contribution in [-0.4, -0.2) is 30.1 Å². The van der Waals surface area contributed by atoms with E-state index in [1.54, 1.807) is 10.6 Å². The lowest BCUT2D eigenvalue weighted by Gasteiger charge is -2.07. The minimum Gasteiger partial charge on any atom is -0.349 e. The molecule has 27 heavy (non-hydrogen) atoms. The number of benzene rings is 1. The number of aromatic nitrogens is 5. The zero-order valence-electron chi connectivity index (χ0n) is 14.6. The molecule has 1 N–H and O–H groups in total. The van der Waals surface area contributed by atoms with Gasteiger partial charge in [-0.15, -0.1) is 10.2 Å². The third-order valence-electron chi connectivity index (χ3n) is 4.36. The number of amides is 1. The summed E-state index contributed by atoms with van der Waals surface area (Å²) in [6.45, 7) is 0.749. The van der Waals surface area contributed by atoms with Crippen molar-refractivity contribution >= 4 is 22.5 Å². The summed E-state index contributed by atoms with van der Waals surface area (Å²) in [5.41, 5.74) is 1.33. The van der Waals surface area contributed by atoms with Crippen LogP contribution in [0.15, 0.2) is 59.8 Å². The number of nitrogens with one attached hydrogen (secondary N) is 1. The highest BCUT2D eigenvalue weighted by atomic mass is 16.1. The molecule has 0 bridgehead atoms. The maximum atomic E-state index is 12.4. The zero-order chi connectivity index (χ0) is 18.6. The molecule has 3 aromatic heterocycles. The molecule has 0 saturated heterocycles. The number of carbonyl (C=O) groups is 1. The Hall–Kier alpha value is -3.55. The van der Waals surface area contributed by atoms with E-state index in [0.717, 1.165) is 5.65 Å². The molecule has 0 aliphatic heterocycles. The lowest BCUT2D eigenvalue weighted by molar-refractivity contribution is -0.121. The highest BCUT2D eigenvalue weighted by Gasteiger charge is 2.08. The molecule has 0 aliphatic rings. The van der Waals surface area contributed by atoms with Gasteiger partial charge in [0.1, 0.15) is 0 Å². The van der Waals surface area contributed by atoms with Crippen LogP contribution >= 0.6 is 0 Å². The Morgan fingerprint density at radius 2 is 1.93 bits per heavy atom. The molecule has 0 spiro atoms. The minimum absolute atomic E-state index is 0.0871. The quantitative estimate of drug-likeness (QED) is 0.561. The monoisotopic (exact) mass is 362 g/mol. The van der Waals surface area contributed by atoms with E-state index in [9.17, 15) is 9.59 Å². The second-order valence-electron chi connectivity index (χ2n) is 6.19. The van der Waals surface area contributed by atoms with Gasteiger partial charge in [-0.1, -0.05) is 18.2 Å². The highest BCUT2D eigenvalue weighted by Crippen LogP contribution is 2.06. The highest BCUT2D eigenvalue weighted by molar-refractivity contribution is 5.77. The van der Waals surface area contributed by atoms with Gasteiger partial charge in [-0.05, 0) is 30.7 Å². The third kappa shape index (κ3) is 3.55. The van der Waals surface area contributed by atoms with Crippen LogP contribution in [0.1, 0.15) is 18.7 Å². The van der Waals surface area contributed by atoms with Crippen LogP contribution in [-0.2, 0) is 17.9 Å². The van der Waals surface area contributed by atoms with Crippen molar-refractivity contribution in [1.29, 1.82) is 0 Å². The van der Waals surface area contributed by atoms with Gasteiger partial charge in [-0.2, -0.15) is 0 Å². The van der Waals surface area contributed by atoms with Crippen LogP contribution in [0.5, 0.6) is 0 Å². The Morgan fingerprint density at radius 3 is 2.85 bits per heavy atom. The van der Waals surface area contributed by atoms with Gasteiger partial charge < -0.3 is 5.32 Å². The van der Waals surface area contributed by atoms with E-state index in [0.29, 0.717) is 42.7 Å². The fourth-order valence-electron chi connectivity index (χ4n) is 2.95. The van der Waals surface area contributed by atoms with E-state index in [2.05, 4.69) is 20.5 Å². The largest absolute Gasteiger partial charge is 0.349 e. The molecule has 4 aromatic rings. The van der Waals surface area contributed by atoms with E-state index in [1.807, 2.05) is 47.0 Å².